The standard InChI is InChI=1S/C27H57N2O6P/c1-6-8-10-12-13-14-15-16-18-20-27(30)28-24-26(33-22-19-17-11-9-7-2)25-35-36(31,32)34-23-21-29(3,4)5/h26H,6-25H2,1-5H3,(H-,28,30,31,32). The zero-order valence-electron chi connectivity index (χ0n) is 24.1. The number of quaternary nitrogens is 1. The van der Waals surface area contributed by atoms with Crippen LogP contribution in [-0.2, 0) is 23.1 Å². The number of likely N-dealkylation sites (N-methyl/N-ethyl adjacent to an activating group) is 1. The SMILES string of the molecule is CCCCCCCCCCCC(=O)NCC(COP(=O)([O-])OCC[N+](C)(C)C)OCCCCCCC. The summed E-state index contributed by atoms with van der Waals surface area (Å²) < 4.78 is 28.7. The van der Waals surface area contributed by atoms with E-state index in [-0.39, 0.29) is 25.7 Å². The third-order valence-corrected chi connectivity index (χ3v) is 7.03. The molecular weight excluding hydrogens is 479 g/mol. The Bertz CT molecular complexity index is 571. The molecule has 8 nitrogen and oxygen atoms in total. The fourth-order valence-corrected chi connectivity index (χ4v) is 4.40. The van der Waals surface area contributed by atoms with E-state index in [1.807, 2.05) is 21.1 Å². The number of hydrogen-bond donors (Lipinski definition) is 1. The Morgan fingerprint density at radius 3 is 1.89 bits per heavy atom. The van der Waals surface area contributed by atoms with E-state index in [2.05, 4.69) is 19.2 Å². The fraction of sp³-hybridized carbons (Fsp3) is 0.963. The molecule has 0 fully saturated rings. The predicted molar refractivity (Wildman–Crippen MR) is 146 cm³/mol. The number of carbonyl (C=O) groups excluding carboxylic acids is 1. The molecule has 0 bridgehead atoms. The van der Waals surface area contributed by atoms with Crippen molar-refractivity contribution in [2.45, 2.75) is 116 Å². The van der Waals surface area contributed by atoms with Crippen LogP contribution in [0.25, 0.3) is 0 Å². The molecule has 0 heterocycles. The predicted octanol–water partition coefficient (Wildman–Crippen LogP) is 5.59. The van der Waals surface area contributed by atoms with Crippen LogP contribution in [0, 0.1) is 0 Å². The van der Waals surface area contributed by atoms with Crippen molar-refractivity contribution < 1.29 is 32.5 Å². The van der Waals surface area contributed by atoms with Crippen molar-refractivity contribution in [3.63, 3.8) is 0 Å². The number of nitrogens with one attached hydrogen (secondary N) is 1. The van der Waals surface area contributed by atoms with Crippen LogP contribution in [0.4, 0.5) is 0 Å². The number of hydrogen-bond acceptors (Lipinski definition) is 6. The fourth-order valence-electron chi connectivity index (χ4n) is 3.67. The van der Waals surface area contributed by atoms with Crippen molar-refractivity contribution >= 4 is 13.7 Å². The average molecular weight is 537 g/mol. The number of amides is 1. The molecular formula is C27H57N2O6P. The zero-order valence-corrected chi connectivity index (χ0v) is 25.0. The first-order chi connectivity index (χ1) is 17.1. The first kappa shape index (κ1) is 35.5. The van der Waals surface area contributed by atoms with Gasteiger partial charge in [-0.05, 0) is 12.8 Å². The minimum absolute atomic E-state index is 0.0287. The molecule has 0 rings (SSSR count). The molecule has 0 aromatic carbocycles. The highest BCUT2D eigenvalue weighted by Crippen LogP contribution is 2.38. The highest BCUT2D eigenvalue weighted by atomic mass is 31.2. The highest BCUT2D eigenvalue weighted by molar-refractivity contribution is 7.45. The number of rotatable bonds is 26. The molecule has 0 saturated heterocycles. The lowest BCUT2D eigenvalue weighted by atomic mass is 10.1. The quantitative estimate of drug-likeness (QED) is 0.0880. The van der Waals surface area contributed by atoms with Crippen LogP contribution < -0.4 is 10.2 Å². The molecule has 0 saturated carbocycles. The number of phosphoric acid groups is 1. The van der Waals surface area contributed by atoms with Crippen molar-refractivity contribution in [3.8, 4) is 0 Å². The number of phosphoric ester groups is 1. The molecule has 1 amide bonds. The van der Waals surface area contributed by atoms with Gasteiger partial charge >= 0.3 is 0 Å². The van der Waals surface area contributed by atoms with Crippen molar-refractivity contribution in [3.05, 3.63) is 0 Å². The smallest absolute Gasteiger partial charge is 0.268 e. The average Bonchev–Trinajstić information content (AvgIpc) is 2.80. The summed E-state index contributed by atoms with van der Waals surface area (Å²) in [6.45, 7) is 5.57. The van der Waals surface area contributed by atoms with Crippen LogP contribution in [0.1, 0.15) is 110 Å². The van der Waals surface area contributed by atoms with Gasteiger partial charge in [-0.2, -0.15) is 0 Å². The number of carbonyl (C=O) groups is 1. The van der Waals surface area contributed by atoms with Gasteiger partial charge in [-0.25, -0.2) is 0 Å². The molecule has 2 unspecified atom stereocenters. The molecule has 9 heteroatoms. The summed E-state index contributed by atoms with van der Waals surface area (Å²) >= 11 is 0. The Labute approximate surface area is 222 Å². The first-order valence-electron chi connectivity index (χ1n) is 14.4. The van der Waals surface area contributed by atoms with Gasteiger partial charge in [0.15, 0.2) is 0 Å². The van der Waals surface area contributed by atoms with Gasteiger partial charge in [0.05, 0.1) is 33.9 Å². The molecule has 36 heavy (non-hydrogen) atoms. The Kier molecular flexibility index (Phi) is 22.2. The summed E-state index contributed by atoms with van der Waals surface area (Å²) in [7, 11) is 1.46. The number of unbranched alkanes of at least 4 members (excludes halogenated alkanes) is 12. The summed E-state index contributed by atoms with van der Waals surface area (Å²) in [5, 5.41) is 2.89. The van der Waals surface area contributed by atoms with Crippen molar-refractivity contribution in [2.24, 2.45) is 0 Å². The molecule has 0 radical (unpaired) electrons. The van der Waals surface area contributed by atoms with E-state index in [1.165, 1.54) is 57.8 Å². The van der Waals surface area contributed by atoms with Crippen LogP contribution >= 0.6 is 7.82 Å². The van der Waals surface area contributed by atoms with E-state index < -0.39 is 13.9 Å². The van der Waals surface area contributed by atoms with Crippen molar-refractivity contribution in [1.29, 1.82) is 0 Å². The Hall–Kier alpha value is -0.500. The maximum Gasteiger partial charge on any atom is 0.268 e. The maximum absolute atomic E-state index is 12.3. The second-order valence-corrected chi connectivity index (χ2v) is 12.3. The molecule has 2 atom stereocenters. The third kappa shape index (κ3) is 25.2. The summed E-state index contributed by atoms with van der Waals surface area (Å²) in [6.07, 6.45) is 16.3. The van der Waals surface area contributed by atoms with Crippen LogP contribution in [0.5, 0.6) is 0 Å². The van der Waals surface area contributed by atoms with Crippen LogP contribution in [-0.4, -0.2) is 70.5 Å². The molecule has 0 aliphatic heterocycles. The van der Waals surface area contributed by atoms with Gasteiger partial charge in [0, 0.05) is 19.6 Å². The molecule has 0 spiro atoms. The monoisotopic (exact) mass is 536 g/mol. The number of ether oxygens (including phenoxy) is 1. The van der Waals surface area contributed by atoms with Crippen LogP contribution in [0.3, 0.4) is 0 Å². The van der Waals surface area contributed by atoms with E-state index in [9.17, 15) is 14.3 Å². The van der Waals surface area contributed by atoms with Gasteiger partial charge < -0.3 is 28.5 Å². The molecule has 0 aliphatic rings. The summed E-state index contributed by atoms with van der Waals surface area (Å²) in [5.41, 5.74) is 0. The van der Waals surface area contributed by atoms with Gasteiger partial charge in [-0.1, -0.05) is 90.9 Å². The van der Waals surface area contributed by atoms with Crippen LogP contribution in [0.15, 0.2) is 0 Å². The van der Waals surface area contributed by atoms with Gasteiger partial charge in [-0.15, -0.1) is 0 Å². The van der Waals surface area contributed by atoms with E-state index >= 15 is 0 Å². The van der Waals surface area contributed by atoms with E-state index in [0.29, 0.717) is 24.1 Å². The normalized spacial score (nSPS) is 14.5. The second-order valence-electron chi connectivity index (χ2n) is 10.9. The Morgan fingerprint density at radius 2 is 1.33 bits per heavy atom. The summed E-state index contributed by atoms with van der Waals surface area (Å²) in [6, 6.07) is 0. The van der Waals surface area contributed by atoms with Gasteiger partial charge in [-0.3, -0.25) is 9.36 Å². The lowest BCUT2D eigenvalue weighted by Crippen LogP contribution is -2.38. The minimum atomic E-state index is -4.42. The number of nitrogens with zero attached hydrogens (tertiary/aromatic N) is 1. The first-order valence-corrected chi connectivity index (χ1v) is 15.8. The minimum Gasteiger partial charge on any atom is -0.756 e. The van der Waals surface area contributed by atoms with E-state index in [1.54, 1.807) is 0 Å². The maximum atomic E-state index is 12.3. The molecule has 0 aromatic heterocycles. The highest BCUT2D eigenvalue weighted by Gasteiger charge is 2.18. The topological polar surface area (TPSA) is 96.9 Å². The molecule has 1 N–H and O–H groups in total. The molecule has 0 aromatic rings. The summed E-state index contributed by atoms with van der Waals surface area (Å²) in [5.74, 6) is -0.0287. The van der Waals surface area contributed by atoms with Crippen LogP contribution in [0.2, 0.25) is 0 Å². The van der Waals surface area contributed by atoms with Gasteiger partial charge in [0.2, 0.25) is 5.91 Å². The van der Waals surface area contributed by atoms with Crippen molar-refractivity contribution in [2.75, 3.05) is 54.1 Å². The lowest BCUT2D eigenvalue weighted by molar-refractivity contribution is -0.870. The van der Waals surface area contributed by atoms with Gasteiger partial charge in [0.1, 0.15) is 13.2 Å². The van der Waals surface area contributed by atoms with E-state index in [0.717, 1.165) is 32.1 Å². The second kappa shape index (κ2) is 22.5. The summed E-state index contributed by atoms with van der Waals surface area (Å²) in [4.78, 5) is 24.4. The third-order valence-electron chi connectivity index (χ3n) is 6.07. The lowest BCUT2D eigenvalue weighted by Gasteiger charge is -2.28. The van der Waals surface area contributed by atoms with Gasteiger partial charge in [0.25, 0.3) is 7.82 Å². The molecule has 216 valence electrons. The Morgan fingerprint density at radius 1 is 0.806 bits per heavy atom. The molecule has 0 aliphatic carbocycles. The van der Waals surface area contributed by atoms with Crippen molar-refractivity contribution in [1.82, 2.24) is 5.32 Å². The van der Waals surface area contributed by atoms with E-state index in [4.69, 9.17) is 13.8 Å². The Balaban J connectivity index is 4.31. The zero-order chi connectivity index (χ0) is 27.1. The largest absolute Gasteiger partial charge is 0.756 e.